The highest BCUT2D eigenvalue weighted by Gasteiger charge is 2.29. The van der Waals surface area contributed by atoms with Crippen LogP contribution in [0.2, 0.25) is 0 Å². The fourth-order valence-electron chi connectivity index (χ4n) is 2.54. The third kappa shape index (κ3) is 4.36. The lowest BCUT2D eigenvalue weighted by Crippen LogP contribution is -2.13. The van der Waals surface area contributed by atoms with E-state index in [0.717, 1.165) is 24.1 Å². The van der Waals surface area contributed by atoms with Crippen LogP contribution in [0, 0.1) is 16.0 Å². The topological polar surface area (TPSA) is 84.3 Å². The summed E-state index contributed by atoms with van der Waals surface area (Å²) in [4.78, 5) is 22.6. The van der Waals surface area contributed by atoms with E-state index in [0.29, 0.717) is 10.2 Å². The van der Waals surface area contributed by atoms with Crippen LogP contribution in [-0.2, 0) is 4.79 Å². The van der Waals surface area contributed by atoms with Crippen LogP contribution in [-0.4, -0.2) is 10.8 Å². The largest absolute Gasteiger partial charge is 0.373 e. The number of nitrogens with zero attached hydrogens (tertiary/aromatic N) is 1. The standard InChI is InChI=1S/C18H18BrN3O3/c1-11(20-16-9-6-14(19)10-17(16)22(24)25)12-4-7-15(8-5-12)21-18(23)13-2-3-13/h4-11,13,20H,2-3H2,1H3,(H,21,23). The van der Waals surface area contributed by atoms with Gasteiger partial charge in [-0.15, -0.1) is 0 Å². The number of halogens is 1. The van der Waals surface area contributed by atoms with Crippen molar-refractivity contribution >= 4 is 38.9 Å². The summed E-state index contributed by atoms with van der Waals surface area (Å²) in [5.41, 5.74) is 2.23. The van der Waals surface area contributed by atoms with Crippen LogP contribution in [0.4, 0.5) is 17.1 Å². The first-order valence-corrected chi connectivity index (χ1v) is 8.84. The highest BCUT2D eigenvalue weighted by Crippen LogP contribution is 2.32. The van der Waals surface area contributed by atoms with Crippen LogP contribution >= 0.6 is 15.9 Å². The van der Waals surface area contributed by atoms with E-state index in [2.05, 4.69) is 26.6 Å². The molecule has 1 atom stereocenters. The first-order valence-electron chi connectivity index (χ1n) is 8.05. The Morgan fingerprint density at radius 3 is 2.52 bits per heavy atom. The summed E-state index contributed by atoms with van der Waals surface area (Å²) >= 11 is 3.25. The van der Waals surface area contributed by atoms with Crippen LogP contribution in [0.1, 0.15) is 31.4 Å². The van der Waals surface area contributed by atoms with Crippen molar-refractivity contribution in [1.82, 2.24) is 0 Å². The minimum atomic E-state index is -0.406. The van der Waals surface area contributed by atoms with E-state index in [4.69, 9.17) is 0 Å². The third-order valence-electron chi connectivity index (χ3n) is 4.15. The molecule has 6 nitrogen and oxygen atoms in total. The number of nitro benzene ring substituents is 1. The Hall–Kier alpha value is -2.41. The molecule has 0 saturated heterocycles. The molecule has 1 aliphatic rings. The summed E-state index contributed by atoms with van der Waals surface area (Å²) in [6.07, 6.45) is 1.94. The Labute approximate surface area is 153 Å². The molecule has 0 radical (unpaired) electrons. The fraction of sp³-hybridized carbons (Fsp3) is 0.278. The summed E-state index contributed by atoms with van der Waals surface area (Å²) in [5, 5.41) is 17.3. The number of benzene rings is 2. The highest BCUT2D eigenvalue weighted by atomic mass is 79.9. The maximum atomic E-state index is 11.8. The lowest BCUT2D eigenvalue weighted by molar-refractivity contribution is -0.384. The van der Waals surface area contributed by atoms with Crippen LogP contribution in [0.3, 0.4) is 0 Å². The number of hydrogen-bond donors (Lipinski definition) is 2. The van der Waals surface area contributed by atoms with Gasteiger partial charge in [0.2, 0.25) is 5.91 Å². The number of rotatable bonds is 6. The summed E-state index contributed by atoms with van der Waals surface area (Å²) in [6, 6.07) is 12.3. The molecule has 2 aromatic carbocycles. The second-order valence-corrected chi connectivity index (χ2v) is 7.09. The maximum absolute atomic E-state index is 11.8. The summed E-state index contributed by atoms with van der Waals surface area (Å²) in [5.74, 6) is 0.239. The molecule has 1 aliphatic carbocycles. The maximum Gasteiger partial charge on any atom is 0.293 e. The van der Waals surface area contributed by atoms with Crippen molar-refractivity contribution in [1.29, 1.82) is 0 Å². The monoisotopic (exact) mass is 403 g/mol. The predicted molar refractivity (Wildman–Crippen MR) is 101 cm³/mol. The molecule has 25 heavy (non-hydrogen) atoms. The Bertz CT molecular complexity index is 804. The summed E-state index contributed by atoms with van der Waals surface area (Å²) in [6.45, 7) is 1.93. The molecule has 0 heterocycles. The Morgan fingerprint density at radius 1 is 1.24 bits per heavy atom. The van der Waals surface area contributed by atoms with Crippen molar-refractivity contribution in [3.63, 3.8) is 0 Å². The zero-order valence-electron chi connectivity index (χ0n) is 13.7. The van der Waals surface area contributed by atoms with Gasteiger partial charge in [-0.25, -0.2) is 0 Å². The quantitative estimate of drug-likeness (QED) is 0.531. The van der Waals surface area contributed by atoms with Crippen molar-refractivity contribution in [3.05, 3.63) is 62.6 Å². The van der Waals surface area contributed by atoms with Gasteiger partial charge in [0.1, 0.15) is 5.69 Å². The van der Waals surface area contributed by atoms with Gasteiger partial charge in [0.15, 0.2) is 0 Å². The van der Waals surface area contributed by atoms with Crippen molar-refractivity contribution in [3.8, 4) is 0 Å². The van der Waals surface area contributed by atoms with E-state index in [1.165, 1.54) is 6.07 Å². The van der Waals surface area contributed by atoms with E-state index in [9.17, 15) is 14.9 Å². The van der Waals surface area contributed by atoms with Crippen LogP contribution in [0.15, 0.2) is 46.9 Å². The number of nitro groups is 1. The third-order valence-corrected chi connectivity index (χ3v) is 4.65. The van der Waals surface area contributed by atoms with Gasteiger partial charge >= 0.3 is 0 Å². The molecule has 1 unspecified atom stereocenters. The second-order valence-electron chi connectivity index (χ2n) is 6.17. The predicted octanol–water partition coefficient (Wildman–Crippen LogP) is 4.88. The zero-order valence-corrected chi connectivity index (χ0v) is 15.2. The fourth-order valence-corrected chi connectivity index (χ4v) is 2.89. The minimum absolute atomic E-state index is 0.0227. The number of amides is 1. The molecule has 7 heteroatoms. The Morgan fingerprint density at radius 2 is 1.92 bits per heavy atom. The van der Waals surface area contributed by atoms with E-state index in [1.807, 2.05) is 31.2 Å². The molecule has 2 N–H and O–H groups in total. The molecule has 1 saturated carbocycles. The molecule has 0 aliphatic heterocycles. The van der Waals surface area contributed by atoms with Gasteiger partial charge in [0.05, 0.1) is 4.92 Å². The van der Waals surface area contributed by atoms with Gasteiger partial charge in [-0.2, -0.15) is 0 Å². The molecule has 1 amide bonds. The van der Waals surface area contributed by atoms with Gasteiger partial charge in [-0.1, -0.05) is 28.1 Å². The normalized spacial score (nSPS) is 14.6. The Kier molecular flexibility index (Phi) is 5.03. The first kappa shape index (κ1) is 17.4. The molecule has 2 aromatic rings. The summed E-state index contributed by atoms with van der Waals surface area (Å²) in [7, 11) is 0. The van der Waals surface area contributed by atoms with Crippen molar-refractivity contribution in [2.24, 2.45) is 5.92 Å². The van der Waals surface area contributed by atoms with Gasteiger partial charge in [0, 0.05) is 28.2 Å². The average molecular weight is 404 g/mol. The molecule has 130 valence electrons. The van der Waals surface area contributed by atoms with Crippen LogP contribution < -0.4 is 10.6 Å². The average Bonchev–Trinajstić information content (AvgIpc) is 3.42. The molecule has 3 rings (SSSR count). The smallest absolute Gasteiger partial charge is 0.293 e. The molecule has 1 fully saturated rings. The number of hydrogen-bond acceptors (Lipinski definition) is 4. The van der Waals surface area contributed by atoms with Gasteiger partial charge < -0.3 is 10.6 Å². The van der Waals surface area contributed by atoms with Gasteiger partial charge in [-0.05, 0) is 49.6 Å². The molecule has 0 bridgehead atoms. The van der Waals surface area contributed by atoms with E-state index in [-0.39, 0.29) is 23.6 Å². The number of anilines is 2. The van der Waals surface area contributed by atoms with E-state index < -0.39 is 4.92 Å². The van der Waals surface area contributed by atoms with E-state index >= 15 is 0 Å². The summed E-state index contributed by atoms with van der Waals surface area (Å²) < 4.78 is 0.660. The lowest BCUT2D eigenvalue weighted by Gasteiger charge is -2.16. The second kappa shape index (κ2) is 7.23. The molecule has 0 spiro atoms. The van der Waals surface area contributed by atoms with Gasteiger partial charge in [0.25, 0.3) is 5.69 Å². The number of nitrogens with one attached hydrogen (secondary N) is 2. The number of carbonyl (C=O) groups excluding carboxylic acids is 1. The van der Waals surface area contributed by atoms with Crippen molar-refractivity contribution in [2.75, 3.05) is 10.6 Å². The van der Waals surface area contributed by atoms with Gasteiger partial charge in [-0.3, -0.25) is 14.9 Å². The molecular weight excluding hydrogens is 386 g/mol. The zero-order chi connectivity index (χ0) is 18.0. The molecular formula is C18H18BrN3O3. The highest BCUT2D eigenvalue weighted by molar-refractivity contribution is 9.10. The Balaban J connectivity index is 1.70. The lowest BCUT2D eigenvalue weighted by atomic mass is 10.1. The van der Waals surface area contributed by atoms with Crippen LogP contribution in [0.25, 0.3) is 0 Å². The van der Waals surface area contributed by atoms with Crippen molar-refractivity contribution in [2.45, 2.75) is 25.8 Å². The van der Waals surface area contributed by atoms with E-state index in [1.54, 1.807) is 12.1 Å². The van der Waals surface area contributed by atoms with Crippen LogP contribution in [0.5, 0.6) is 0 Å². The molecule has 0 aromatic heterocycles. The SMILES string of the molecule is CC(Nc1ccc(Br)cc1[N+](=O)[O-])c1ccc(NC(=O)C2CC2)cc1. The number of carbonyl (C=O) groups is 1. The first-order chi connectivity index (χ1) is 11.9. The van der Waals surface area contributed by atoms with Crippen molar-refractivity contribution < 1.29 is 9.72 Å². The minimum Gasteiger partial charge on any atom is -0.373 e.